The van der Waals surface area contributed by atoms with Crippen molar-refractivity contribution in [1.82, 2.24) is 5.32 Å². The number of rotatable bonds is 4. The van der Waals surface area contributed by atoms with E-state index in [1.54, 1.807) is 12.1 Å². The molecule has 0 spiro atoms. The van der Waals surface area contributed by atoms with Gasteiger partial charge in [0.25, 0.3) is 0 Å². The molecule has 2 N–H and O–H groups in total. The zero-order chi connectivity index (χ0) is 13.8. The van der Waals surface area contributed by atoms with Gasteiger partial charge in [-0.05, 0) is 49.3 Å². The SMILES string of the molecule is CC1CCC(NCc2ccc(C(=O)O)cc2Br)CC1. The molecule has 1 aromatic rings. The Bertz CT molecular complexity index is 453. The third-order valence-corrected chi connectivity index (χ3v) is 4.64. The lowest BCUT2D eigenvalue weighted by Gasteiger charge is -2.27. The number of carboxylic acids is 1. The molecule has 1 fully saturated rings. The van der Waals surface area contributed by atoms with Gasteiger partial charge in [0.05, 0.1) is 5.56 Å². The molecule has 0 aromatic heterocycles. The number of benzene rings is 1. The predicted octanol–water partition coefficient (Wildman–Crippen LogP) is 3.82. The summed E-state index contributed by atoms with van der Waals surface area (Å²) in [5, 5.41) is 12.5. The van der Waals surface area contributed by atoms with Gasteiger partial charge in [-0.15, -0.1) is 0 Å². The molecule has 0 unspecified atom stereocenters. The highest BCUT2D eigenvalue weighted by molar-refractivity contribution is 9.10. The molecule has 1 aliphatic rings. The van der Waals surface area contributed by atoms with Gasteiger partial charge in [0.1, 0.15) is 0 Å². The average molecular weight is 326 g/mol. The van der Waals surface area contributed by atoms with Gasteiger partial charge in [-0.1, -0.05) is 28.9 Å². The van der Waals surface area contributed by atoms with Gasteiger partial charge in [0.2, 0.25) is 0 Å². The second kappa shape index (κ2) is 6.53. The Balaban J connectivity index is 1.91. The van der Waals surface area contributed by atoms with Crippen LogP contribution in [0.2, 0.25) is 0 Å². The van der Waals surface area contributed by atoms with Gasteiger partial charge < -0.3 is 10.4 Å². The summed E-state index contributed by atoms with van der Waals surface area (Å²) in [6.45, 7) is 3.11. The summed E-state index contributed by atoms with van der Waals surface area (Å²) < 4.78 is 0.865. The highest BCUT2D eigenvalue weighted by Crippen LogP contribution is 2.24. The van der Waals surface area contributed by atoms with E-state index in [-0.39, 0.29) is 0 Å². The van der Waals surface area contributed by atoms with E-state index in [2.05, 4.69) is 28.2 Å². The van der Waals surface area contributed by atoms with Crippen molar-refractivity contribution in [2.45, 2.75) is 45.2 Å². The van der Waals surface area contributed by atoms with Gasteiger partial charge in [-0.25, -0.2) is 4.79 Å². The molecule has 1 aromatic carbocycles. The number of carbonyl (C=O) groups is 1. The highest BCUT2D eigenvalue weighted by Gasteiger charge is 2.17. The lowest BCUT2D eigenvalue weighted by Crippen LogP contribution is -2.32. The fraction of sp³-hybridized carbons (Fsp3) is 0.533. The smallest absolute Gasteiger partial charge is 0.335 e. The molecule has 1 saturated carbocycles. The largest absolute Gasteiger partial charge is 0.478 e. The first kappa shape index (κ1) is 14.5. The quantitative estimate of drug-likeness (QED) is 0.884. The number of hydrogen-bond acceptors (Lipinski definition) is 2. The molecule has 0 heterocycles. The number of carboxylic acid groups (broad SMARTS) is 1. The van der Waals surface area contributed by atoms with Crippen LogP contribution in [0.25, 0.3) is 0 Å². The Labute approximate surface area is 122 Å². The van der Waals surface area contributed by atoms with Crippen LogP contribution >= 0.6 is 15.9 Å². The standard InChI is InChI=1S/C15H20BrNO2/c1-10-2-6-13(7-3-10)17-9-12-5-4-11(15(18)19)8-14(12)16/h4-5,8,10,13,17H,2-3,6-7,9H2,1H3,(H,18,19). The molecule has 0 amide bonds. The van der Waals surface area contributed by atoms with Crippen molar-refractivity contribution in [2.75, 3.05) is 0 Å². The third kappa shape index (κ3) is 4.05. The molecule has 2 rings (SSSR count). The summed E-state index contributed by atoms with van der Waals surface area (Å²) in [6.07, 6.45) is 5.09. The van der Waals surface area contributed by atoms with Gasteiger partial charge in [-0.3, -0.25) is 0 Å². The summed E-state index contributed by atoms with van der Waals surface area (Å²) in [7, 11) is 0. The first-order chi connectivity index (χ1) is 9.06. The first-order valence-electron chi connectivity index (χ1n) is 6.81. The number of hydrogen-bond donors (Lipinski definition) is 2. The summed E-state index contributed by atoms with van der Waals surface area (Å²) in [6, 6.07) is 5.81. The minimum atomic E-state index is -0.888. The summed E-state index contributed by atoms with van der Waals surface area (Å²) in [4.78, 5) is 10.9. The number of aromatic carboxylic acids is 1. The Morgan fingerprint density at radius 3 is 2.63 bits per heavy atom. The van der Waals surface area contributed by atoms with E-state index in [9.17, 15) is 4.79 Å². The summed E-state index contributed by atoms with van der Waals surface area (Å²) >= 11 is 3.45. The van der Waals surface area contributed by atoms with E-state index in [1.807, 2.05) is 6.07 Å². The van der Waals surface area contributed by atoms with Crippen LogP contribution in [0.15, 0.2) is 22.7 Å². The topological polar surface area (TPSA) is 49.3 Å². The van der Waals surface area contributed by atoms with Crippen LogP contribution in [0.1, 0.15) is 48.5 Å². The summed E-state index contributed by atoms with van der Waals surface area (Å²) in [5.41, 5.74) is 1.44. The van der Waals surface area contributed by atoms with Gasteiger partial charge in [0, 0.05) is 17.1 Å². The average Bonchev–Trinajstić information content (AvgIpc) is 2.39. The second-order valence-corrected chi connectivity index (χ2v) is 6.30. The van der Waals surface area contributed by atoms with E-state index in [4.69, 9.17) is 5.11 Å². The maximum atomic E-state index is 10.9. The fourth-order valence-electron chi connectivity index (χ4n) is 2.54. The van der Waals surface area contributed by atoms with E-state index >= 15 is 0 Å². The van der Waals surface area contributed by atoms with E-state index in [0.717, 1.165) is 22.5 Å². The maximum absolute atomic E-state index is 10.9. The lowest BCUT2D eigenvalue weighted by atomic mass is 9.87. The molecular formula is C15H20BrNO2. The lowest BCUT2D eigenvalue weighted by molar-refractivity contribution is 0.0697. The van der Waals surface area contributed by atoms with Crippen LogP contribution in [-0.2, 0) is 6.54 Å². The number of nitrogens with one attached hydrogen (secondary N) is 1. The monoisotopic (exact) mass is 325 g/mol. The fourth-order valence-corrected chi connectivity index (χ4v) is 3.06. The molecular weight excluding hydrogens is 306 g/mol. The number of halogens is 1. The van der Waals surface area contributed by atoms with Crippen LogP contribution < -0.4 is 5.32 Å². The Hall–Kier alpha value is -0.870. The molecule has 0 atom stereocenters. The van der Waals surface area contributed by atoms with Crippen molar-refractivity contribution in [2.24, 2.45) is 5.92 Å². The first-order valence-corrected chi connectivity index (χ1v) is 7.60. The zero-order valence-electron chi connectivity index (χ0n) is 11.2. The van der Waals surface area contributed by atoms with Crippen molar-refractivity contribution in [3.05, 3.63) is 33.8 Å². The Kier molecular flexibility index (Phi) is 4.99. The van der Waals surface area contributed by atoms with Crippen LogP contribution in [0.4, 0.5) is 0 Å². The minimum Gasteiger partial charge on any atom is -0.478 e. The molecule has 3 nitrogen and oxygen atoms in total. The van der Waals surface area contributed by atoms with Crippen molar-refractivity contribution < 1.29 is 9.90 Å². The van der Waals surface area contributed by atoms with E-state index < -0.39 is 5.97 Å². The van der Waals surface area contributed by atoms with Crippen LogP contribution in [0, 0.1) is 5.92 Å². The third-order valence-electron chi connectivity index (χ3n) is 3.90. The van der Waals surface area contributed by atoms with Gasteiger partial charge in [-0.2, -0.15) is 0 Å². The Morgan fingerprint density at radius 2 is 2.05 bits per heavy atom. The van der Waals surface area contributed by atoms with Crippen molar-refractivity contribution in [3.8, 4) is 0 Å². The van der Waals surface area contributed by atoms with Crippen LogP contribution in [0.3, 0.4) is 0 Å². The van der Waals surface area contributed by atoms with Crippen molar-refractivity contribution in [1.29, 1.82) is 0 Å². The predicted molar refractivity (Wildman–Crippen MR) is 79.4 cm³/mol. The zero-order valence-corrected chi connectivity index (χ0v) is 12.7. The minimum absolute atomic E-state index is 0.321. The second-order valence-electron chi connectivity index (χ2n) is 5.45. The van der Waals surface area contributed by atoms with E-state index in [0.29, 0.717) is 11.6 Å². The molecule has 0 saturated heterocycles. The Morgan fingerprint density at radius 1 is 1.37 bits per heavy atom. The molecule has 4 heteroatoms. The molecule has 0 radical (unpaired) electrons. The highest BCUT2D eigenvalue weighted by atomic mass is 79.9. The molecule has 104 valence electrons. The maximum Gasteiger partial charge on any atom is 0.335 e. The normalized spacial score (nSPS) is 23.3. The van der Waals surface area contributed by atoms with Gasteiger partial charge in [0.15, 0.2) is 0 Å². The van der Waals surface area contributed by atoms with E-state index in [1.165, 1.54) is 25.7 Å². The van der Waals surface area contributed by atoms with Crippen LogP contribution in [0.5, 0.6) is 0 Å². The van der Waals surface area contributed by atoms with Crippen molar-refractivity contribution >= 4 is 21.9 Å². The molecule has 1 aliphatic carbocycles. The molecule has 0 bridgehead atoms. The molecule has 19 heavy (non-hydrogen) atoms. The van der Waals surface area contributed by atoms with Crippen molar-refractivity contribution in [3.63, 3.8) is 0 Å². The van der Waals surface area contributed by atoms with Gasteiger partial charge >= 0.3 is 5.97 Å². The molecule has 0 aliphatic heterocycles. The summed E-state index contributed by atoms with van der Waals surface area (Å²) in [5.74, 6) is -0.0267. The van der Waals surface area contributed by atoms with Crippen LogP contribution in [-0.4, -0.2) is 17.1 Å².